The molecule has 9 heteroatoms. The lowest BCUT2D eigenvalue weighted by molar-refractivity contribution is 0.0499. The van der Waals surface area contributed by atoms with E-state index in [-0.39, 0.29) is 27.3 Å². The van der Waals surface area contributed by atoms with Crippen LogP contribution in [0.1, 0.15) is 57.8 Å². The highest BCUT2D eigenvalue weighted by Gasteiger charge is 2.43. The molecule has 1 amide bonds. The van der Waals surface area contributed by atoms with Gasteiger partial charge in [-0.2, -0.15) is 0 Å². The minimum absolute atomic E-state index is 0.0173. The number of hydrogen-bond donors (Lipinski definition) is 0. The van der Waals surface area contributed by atoms with E-state index in [1.54, 1.807) is 42.5 Å². The Morgan fingerprint density at radius 1 is 1.03 bits per heavy atom. The number of nitrogens with zero attached hydrogens (tertiary/aromatic N) is 1. The summed E-state index contributed by atoms with van der Waals surface area (Å²) in [6, 6.07) is 13.7. The van der Waals surface area contributed by atoms with Crippen molar-refractivity contribution in [2.24, 2.45) is 0 Å². The van der Waals surface area contributed by atoms with Gasteiger partial charge in [-0.3, -0.25) is 14.5 Å². The number of unbranched alkanes of at least 4 members (excludes halogenated alkanes) is 1. The average molecular weight is 540 g/mol. The normalized spacial score (nSPS) is 14.8. The minimum Gasteiger partial charge on any atom is -0.462 e. The summed E-state index contributed by atoms with van der Waals surface area (Å²) in [5.74, 6) is -1.79. The predicted molar refractivity (Wildman–Crippen MR) is 139 cm³/mol. The second-order valence-corrected chi connectivity index (χ2v) is 9.42. The number of benzene rings is 3. The molecule has 0 fully saturated rings. The van der Waals surface area contributed by atoms with E-state index >= 15 is 0 Å². The molecule has 0 bridgehead atoms. The van der Waals surface area contributed by atoms with Crippen molar-refractivity contribution in [3.63, 3.8) is 0 Å². The molecule has 6 nitrogen and oxygen atoms in total. The van der Waals surface area contributed by atoms with Crippen LogP contribution in [0.3, 0.4) is 0 Å². The molecule has 188 valence electrons. The van der Waals surface area contributed by atoms with Crippen LogP contribution in [0.5, 0.6) is 0 Å². The zero-order valence-electron chi connectivity index (χ0n) is 19.6. The molecule has 1 atom stereocenters. The lowest BCUT2D eigenvalue weighted by Crippen LogP contribution is -2.29. The number of rotatable bonds is 6. The summed E-state index contributed by atoms with van der Waals surface area (Å²) in [5.41, 5.74) is 0.868. The number of ether oxygens (including phenoxy) is 1. The second kappa shape index (κ2) is 10.00. The summed E-state index contributed by atoms with van der Waals surface area (Å²) < 4.78 is 25.1. The van der Waals surface area contributed by atoms with Crippen molar-refractivity contribution < 1.29 is 23.1 Å². The van der Waals surface area contributed by atoms with E-state index in [1.807, 2.05) is 6.92 Å². The topological polar surface area (TPSA) is 76.8 Å². The zero-order valence-corrected chi connectivity index (χ0v) is 21.1. The maximum absolute atomic E-state index is 14.0. The van der Waals surface area contributed by atoms with Gasteiger partial charge in [-0.05, 0) is 66.6 Å². The second-order valence-electron chi connectivity index (χ2n) is 8.60. The van der Waals surface area contributed by atoms with Gasteiger partial charge in [0.05, 0.1) is 39.2 Å². The quantitative estimate of drug-likeness (QED) is 0.196. The smallest absolute Gasteiger partial charge is 0.338 e. The number of anilines is 1. The summed E-state index contributed by atoms with van der Waals surface area (Å²) in [5, 5.41) is 0.560. The number of halogens is 3. The number of carbonyl (C=O) groups is 2. The van der Waals surface area contributed by atoms with E-state index in [0.29, 0.717) is 28.4 Å². The molecule has 0 spiro atoms. The lowest BCUT2D eigenvalue weighted by atomic mass is 9.98. The van der Waals surface area contributed by atoms with Gasteiger partial charge >= 0.3 is 5.97 Å². The molecular weight excluding hydrogens is 520 g/mol. The molecule has 0 N–H and O–H groups in total. The first-order valence-electron chi connectivity index (χ1n) is 11.6. The predicted octanol–water partition coefficient (Wildman–Crippen LogP) is 6.95. The fourth-order valence-corrected chi connectivity index (χ4v) is 4.67. The standard InChI is InChI=1S/C28H20Cl2FNO5/c1-2-3-12-36-28(35)15-4-8-18(9-5-15)32-24(16-6-10-20(29)21(30)13-16)23-25(33)19-14-17(31)7-11-22(19)37-26(23)27(32)34/h4-11,13-14,24H,2-3,12H2,1H3. The minimum atomic E-state index is -0.927. The molecule has 0 saturated carbocycles. The molecule has 1 aliphatic rings. The average Bonchev–Trinajstić information content (AvgIpc) is 3.18. The molecule has 3 aromatic carbocycles. The van der Waals surface area contributed by atoms with Crippen molar-refractivity contribution in [3.8, 4) is 0 Å². The maximum Gasteiger partial charge on any atom is 0.338 e. The first-order chi connectivity index (χ1) is 17.8. The van der Waals surface area contributed by atoms with Gasteiger partial charge in [0.25, 0.3) is 5.91 Å². The third kappa shape index (κ3) is 4.49. The number of hydrogen-bond acceptors (Lipinski definition) is 5. The third-order valence-corrected chi connectivity index (χ3v) is 6.94. The molecule has 0 radical (unpaired) electrons. The van der Waals surface area contributed by atoms with Crippen molar-refractivity contribution in [2.75, 3.05) is 11.5 Å². The zero-order chi connectivity index (χ0) is 26.3. The summed E-state index contributed by atoms with van der Waals surface area (Å²) >= 11 is 12.4. The Morgan fingerprint density at radius 3 is 2.49 bits per heavy atom. The van der Waals surface area contributed by atoms with E-state index in [9.17, 15) is 18.8 Å². The van der Waals surface area contributed by atoms with Crippen molar-refractivity contribution in [1.82, 2.24) is 0 Å². The monoisotopic (exact) mass is 539 g/mol. The highest BCUT2D eigenvalue weighted by Crippen LogP contribution is 2.42. The summed E-state index contributed by atoms with van der Waals surface area (Å²) in [6.07, 6.45) is 1.66. The van der Waals surface area contributed by atoms with Gasteiger partial charge in [0.2, 0.25) is 5.76 Å². The Labute approximate surface area is 221 Å². The van der Waals surface area contributed by atoms with Crippen LogP contribution in [-0.2, 0) is 4.74 Å². The van der Waals surface area contributed by atoms with Crippen molar-refractivity contribution in [3.05, 3.63) is 109 Å². The Kier molecular flexibility index (Phi) is 6.75. The van der Waals surface area contributed by atoms with Crippen LogP contribution in [-0.4, -0.2) is 18.5 Å². The molecular formula is C28H20Cl2FNO5. The Morgan fingerprint density at radius 2 is 1.78 bits per heavy atom. The van der Waals surface area contributed by atoms with E-state index in [1.165, 1.54) is 11.0 Å². The SMILES string of the molecule is CCCCOC(=O)c1ccc(N2C(=O)c3oc4ccc(F)cc4c(=O)c3C2c2ccc(Cl)c(Cl)c2)cc1. The molecule has 0 aliphatic carbocycles. The maximum atomic E-state index is 14.0. The van der Waals surface area contributed by atoms with Crippen molar-refractivity contribution in [1.29, 1.82) is 0 Å². The Bertz CT molecular complexity index is 1600. The molecule has 37 heavy (non-hydrogen) atoms. The van der Waals surface area contributed by atoms with Crippen LogP contribution in [0, 0.1) is 5.82 Å². The molecule has 1 unspecified atom stereocenters. The molecule has 5 rings (SSSR count). The van der Waals surface area contributed by atoms with Crippen LogP contribution in [0.15, 0.2) is 69.9 Å². The van der Waals surface area contributed by atoms with Gasteiger partial charge in [-0.1, -0.05) is 42.6 Å². The van der Waals surface area contributed by atoms with Crippen LogP contribution in [0.4, 0.5) is 10.1 Å². The molecule has 2 heterocycles. The van der Waals surface area contributed by atoms with Crippen LogP contribution >= 0.6 is 23.2 Å². The Balaban J connectivity index is 1.64. The summed E-state index contributed by atoms with van der Waals surface area (Å²) in [7, 11) is 0. The van der Waals surface area contributed by atoms with Crippen LogP contribution in [0.2, 0.25) is 10.0 Å². The first kappa shape index (κ1) is 25.0. The number of esters is 1. The first-order valence-corrected chi connectivity index (χ1v) is 12.4. The van der Waals surface area contributed by atoms with E-state index in [2.05, 4.69) is 0 Å². The van der Waals surface area contributed by atoms with Crippen molar-refractivity contribution >= 4 is 51.7 Å². The van der Waals surface area contributed by atoms with Gasteiger partial charge in [0, 0.05) is 5.69 Å². The highest BCUT2D eigenvalue weighted by molar-refractivity contribution is 6.42. The van der Waals surface area contributed by atoms with Gasteiger partial charge in [0.15, 0.2) is 5.43 Å². The lowest BCUT2D eigenvalue weighted by Gasteiger charge is -2.25. The number of fused-ring (bicyclic) bond motifs is 2. The fraction of sp³-hybridized carbons (Fsp3) is 0.179. The molecule has 1 aromatic heterocycles. The summed E-state index contributed by atoms with van der Waals surface area (Å²) in [6.45, 7) is 2.31. The van der Waals surface area contributed by atoms with Gasteiger partial charge in [-0.15, -0.1) is 0 Å². The summed E-state index contributed by atoms with van der Waals surface area (Å²) in [4.78, 5) is 41.0. The van der Waals surface area contributed by atoms with Gasteiger partial charge in [0.1, 0.15) is 11.4 Å². The highest BCUT2D eigenvalue weighted by atomic mass is 35.5. The van der Waals surface area contributed by atoms with Crippen LogP contribution in [0.25, 0.3) is 11.0 Å². The van der Waals surface area contributed by atoms with Crippen LogP contribution < -0.4 is 10.3 Å². The molecule has 1 aliphatic heterocycles. The number of amides is 1. The number of carbonyl (C=O) groups excluding carboxylic acids is 2. The largest absolute Gasteiger partial charge is 0.462 e. The third-order valence-electron chi connectivity index (χ3n) is 6.20. The molecule has 0 saturated heterocycles. The van der Waals surface area contributed by atoms with Crippen molar-refractivity contribution in [2.45, 2.75) is 25.8 Å². The van der Waals surface area contributed by atoms with E-state index < -0.39 is 29.2 Å². The fourth-order valence-electron chi connectivity index (χ4n) is 4.36. The Hall–Kier alpha value is -3.68. The molecule has 4 aromatic rings. The van der Waals surface area contributed by atoms with Gasteiger partial charge in [-0.25, -0.2) is 9.18 Å². The van der Waals surface area contributed by atoms with E-state index in [0.717, 1.165) is 25.0 Å². The van der Waals surface area contributed by atoms with Gasteiger partial charge < -0.3 is 9.15 Å². The van der Waals surface area contributed by atoms with E-state index in [4.69, 9.17) is 32.4 Å².